The Balaban J connectivity index is 2.08. The van der Waals surface area contributed by atoms with Crippen molar-refractivity contribution in [3.63, 3.8) is 0 Å². The van der Waals surface area contributed by atoms with Gasteiger partial charge in [-0.05, 0) is 19.3 Å². The first-order valence-electron chi connectivity index (χ1n) is 5.44. The van der Waals surface area contributed by atoms with Crippen molar-refractivity contribution >= 4 is 16.0 Å². The summed E-state index contributed by atoms with van der Waals surface area (Å²) in [7, 11) is -3.41. The Morgan fingerprint density at radius 3 is 2.75 bits per heavy atom. The fourth-order valence-corrected chi connectivity index (χ4v) is 2.96. The number of anilines is 1. The van der Waals surface area contributed by atoms with Crippen molar-refractivity contribution in [3.05, 3.63) is 11.8 Å². The van der Waals surface area contributed by atoms with Crippen molar-refractivity contribution in [1.82, 2.24) is 14.5 Å². The van der Waals surface area contributed by atoms with E-state index in [9.17, 15) is 8.42 Å². The Morgan fingerprint density at radius 1 is 1.50 bits per heavy atom. The molecule has 2 rings (SSSR count). The minimum Gasteiger partial charge on any atom is -0.280 e. The molecule has 1 saturated heterocycles. The number of hydrogen-bond acceptors (Lipinski definition) is 3. The van der Waals surface area contributed by atoms with Crippen LogP contribution in [0.2, 0.25) is 0 Å². The maximum Gasteiger partial charge on any atom is 0.302 e. The van der Waals surface area contributed by atoms with E-state index in [2.05, 4.69) is 14.9 Å². The number of aryl methyl sites for hydroxylation is 1. The first kappa shape index (κ1) is 11.4. The van der Waals surface area contributed by atoms with Crippen LogP contribution in [0.15, 0.2) is 6.07 Å². The lowest BCUT2D eigenvalue weighted by Crippen LogP contribution is -2.33. The lowest BCUT2D eigenvalue weighted by atomic mass is 10.3. The molecule has 0 bridgehead atoms. The van der Waals surface area contributed by atoms with Crippen LogP contribution in [-0.2, 0) is 16.6 Å². The molecule has 1 aromatic rings. The summed E-state index contributed by atoms with van der Waals surface area (Å²) >= 11 is 0. The predicted molar refractivity (Wildman–Crippen MR) is 61.3 cm³/mol. The SMILES string of the molecule is CCc1cc(NS(=O)(=O)N2CCCC2)n[nH]1. The van der Waals surface area contributed by atoms with Crippen LogP contribution in [0, 0.1) is 0 Å². The quantitative estimate of drug-likeness (QED) is 0.819. The fraction of sp³-hybridized carbons (Fsp3) is 0.667. The van der Waals surface area contributed by atoms with E-state index < -0.39 is 10.2 Å². The average molecular weight is 244 g/mol. The van der Waals surface area contributed by atoms with E-state index in [0.717, 1.165) is 25.0 Å². The van der Waals surface area contributed by atoms with Crippen LogP contribution in [0.25, 0.3) is 0 Å². The number of aromatic amines is 1. The Kier molecular flexibility index (Phi) is 3.15. The van der Waals surface area contributed by atoms with Gasteiger partial charge in [-0.15, -0.1) is 0 Å². The van der Waals surface area contributed by atoms with Crippen molar-refractivity contribution in [2.24, 2.45) is 0 Å². The van der Waals surface area contributed by atoms with Crippen molar-refractivity contribution in [2.75, 3.05) is 17.8 Å². The first-order chi connectivity index (χ1) is 7.62. The maximum atomic E-state index is 11.9. The predicted octanol–water partition coefficient (Wildman–Crippen LogP) is 0.725. The molecule has 0 saturated carbocycles. The molecule has 0 atom stereocenters. The third-order valence-corrected chi connectivity index (χ3v) is 4.16. The summed E-state index contributed by atoms with van der Waals surface area (Å²) in [4.78, 5) is 0. The summed E-state index contributed by atoms with van der Waals surface area (Å²) in [5.41, 5.74) is 0.916. The number of nitrogens with zero attached hydrogens (tertiary/aromatic N) is 2. The second-order valence-corrected chi connectivity index (χ2v) is 5.52. The van der Waals surface area contributed by atoms with Gasteiger partial charge in [-0.1, -0.05) is 6.92 Å². The number of nitrogens with one attached hydrogen (secondary N) is 2. The van der Waals surface area contributed by atoms with Crippen LogP contribution >= 0.6 is 0 Å². The molecule has 1 fully saturated rings. The zero-order chi connectivity index (χ0) is 11.6. The monoisotopic (exact) mass is 244 g/mol. The fourth-order valence-electron chi connectivity index (χ4n) is 1.72. The Bertz CT molecular complexity index is 448. The standard InChI is InChI=1S/C9H16N4O2S/c1-2-8-7-9(11-10-8)12-16(14,15)13-5-3-4-6-13/h7H,2-6H2,1H3,(H2,10,11,12). The van der Waals surface area contributed by atoms with Crippen LogP contribution in [0.4, 0.5) is 5.82 Å². The Labute approximate surface area is 95.2 Å². The molecule has 0 aliphatic carbocycles. The lowest BCUT2D eigenvalue weighted by Gasteiger charge is -2.15. The van der Waals surface area contributed by atoms with E-state index in [4.69, 9.17) is 0 Å². The van der Waals surface area contributed by atoms with E-state index in [-0.39, 0.29) is 0 Å². The number of H-pyrrole nitrogens is 1. The molecule has 7 heteroatoms. The molecule has 1 aromatic heterocycles. The third kappa shape index (κ3) is 2.35. The smallest absolute Gasteiger partial charge is 0.280 e. The van der Waals surface area contributed by atoms with Crippen molar-refractivity contribution in [3.8, 4) is 0 Å². The average Bonchev–Trinajstić information content (AvgIpc) is 2.86. The van der Waals surface area contributed by atoms with E-state index in [0.29, 0.717) is 18.9 Å². The van der Waals surface area contributed by atoms with E-state index in [1.165, 1.54) is 4.31 Å². The van der Waals surface area contributed by atoms with E-state index >= 15 is 0 Å². The highest BCUT2D eigenvalue weighted by Gasteiger charge is 2.25. The second kappa shape index (κ2) is 4.42. The molecular weight excluding hydrogens is 228 g/mol. The van der Waals surface area contributed by atoms with Crippen LogP contribution in [-0.4, -0.2) is 36.0 Å². The van der Waals surface area contributed by atoms with Gasteiger partial charge in [-0.2, -0.15) is 17.8 Å². The van der Waals surface area contributed by atoms with E-state index in [1.807, 2.05) is 6.92 Å². The molecule has 90 valence electrons. The van der Waals surface area contributed by atoms with Gasteiger partial charge in [0.2, 0.25) is 0 Å². The highest BCUT2D eigenvalue weighted by Crippen LogP contribution is 2.15. The molecule has 1 aliphatic rings. The van der Waals surface area contributed by atoms with Gasteiger partial charge in [0.05, 0.1) is 0 Å². The molecule has 0 aromatic carbocycles. The molecule has 0 amide bonds. The summed E-state index contributed by atoms with van der Waals surface area (Å²) < 4.78 is 27.6. The molecule has 0 unspecified atom stereocenters. The lowest BCUT2D eigenvalue weighted by molar-refractivity contribution is 0.482. The minimum absolute atomic E-state index is 0.365. The highest BCUT2D eigenvalue weighted by molar-refractivity contribution is 7.90. The summed E-state index contributed by atoms with van der Waals surface area (Å²) in [6, 6.07) is 1.72. The van der Waals surface area contributed by atoms with Crippen molar-refractivity contribution in [2.45, 2.75) is 26.2 Å². The minimum atomic E-state index is -3.41. The number of rotatable bonds is 4. The molecule has 2 N–H and O–H groups in total. The van der Waals surface area contributed by atoms with Gasteiger partial charge in [-0.3, -0.25) is 9.82 Å². The maximum absolute atomic E-state index is 11.9. The molecule has 2 heterocycles. The van der Waals surface area contributed by atoms with Gasteiger partial charge in [0.25, 0.3) is 0 Å². The zero-order valence-electron chi connectivity index (χ0n) is 9.23. The van der Waals surface area contributed by atoms with Crippen LogP contribution in [0.1, 0.15) is 25.5 Å². The Hall–Kier alpha value is -1.08. The van der Waals surface area contributed by atoms with Gasteiger partial charge >= 0.3 is 10.2 Å². The summed E-state index contributed by atoms with van der Waals surface area (Å²) in [6.07, 6.45) is 2.67. The van der Waals surface area contributed by atoms with E-state index in [1.54, 1.807) is 6.07 Å². The van der Waals surface area contributed by atoms with Crippen LogP contribution in [0.5, 0.6) is 0 Å². The van der Waals surface area contributed by atoms with Gasteiger partial charge in [0, 0.05) is 24.8 Å². The van der Waals surface area contributed by atoms with Crippen molar-refractivity contribution in [1.29, 1.82) is 0 Å². The molecule has 0 spiro atoms. The second-order valence-electron chi connectivity index (χ2n) is 3.85. The normalized spacial score (nSPS) is 17.8. The van der Waals surface area contributed by atoms with Gasteiger partial charge in [0.15, 0.2) is 5.82 Å². The van der Waals surface area contributed by atoms with Gasteiger partial charge < -0.3 is 0 Å². The molecule has 1 aliphatic heterocycles. The molecular formula is C9H16N4O2S. The first-order valence-corrected chi connectivity index (χ1v) is 6.88. The summed E-state index contributed by atoms with van der Waals surface area (Å²) in [6.45, 7) is 3.17. The van der Waals surface area contributed by atoms with Gasteiger partial charge in [-0.25, -0.2) is 0 Å². The third-order valence-electron chi connectivity index (χ3n) is 2.65. The van der Waals surface area contributed by atoms with Crippen LogP contribution in [0.3, 0.4) is 0 Å². The number of aromatic nitrogens is 2. The van der Waals surface area contributed by atoms with Crippen LogP contribution < -0.4 is 4.72 Å². The molecule has 6 nitrogen and oxygen atoms in total. The van der Waals surface area contributed by atoms with Gasteiger partial charge in [0.1, 0.15) is 0 Å². The molecule has 0 radical (unpaired) electrons. The Morgan fingerprint density at radius 2 is 2.19 bits per heavy atom. The van der Waals surface area contributed by atoms with Crippen molar-refractivity contribution < 1.29 is 8.42 Å². The highest BCUT2D eigenvalue weighted by atomic mass is 32.2. The number of hydrogen-bond donors (Lipinski definition) is 2. The summed E-state index contributed by atoms with van der Waals surface area (Å²) in [5.74, 6) is 0.365. The zero-order valence-corrected chi connectivity index (χ0v) is 10.0. The molecule has 16 heavy (non-hydrogen) atoms. The topological polar surface area (TPSA) is 78.1 Å². The largest absolute Gasteiger partial charge is 0.302 e. The summed E-state index contributed by atoms with van der Waals surface area (Å²) in [5, 5.41) is 6.67.